The molecule has 0 bridgehead atoms. The van der Waals surface area contributed by atoms with Gasteiger partial charge in [-0.3, -0.25) is 4.79 Å². The fourth-order valence-corrected chi connectivity index (χ4v) is 2.50. The van der Waals surface area contributed by atoms with E-state index in [0.29, 0.717) is 23.0 Å². The zero-order chi connectivity index (χ0) is 15.5. The number of hydrogen-bond donors (Lipinski definition) is 1. The van der Waals surface area contributed by atoms with Crippen molar-refractivity contribution < 1.29 is 4.79 Å². The lowest BCUT2D eigenvalue weighted by molar-refractivity contribution is -0.115. The summed E-state index contributed by atoms with van der Waals surface area (Å²) in [5, 5.41) is 3.49. The van der Waals surface area contributed by atoms with Crippen LogP contribution >= 0.6 is 27.5 Å². The maximum Gasteiger partial charge on any atom is 0.275 e. The molecule has 2 aromatic rings. The molecule has 3 rings (SSSR count). The molecule has 0 saturated heterocycles. The standard InChI is InChI=1S/C17H12BrClN2O/c18-13-5-1-11(2-6-13)9-15-17(22)21-16(20-15)10-12-3-7-14(19)8-4-12/h1-9H,10H2,(H,20,21,22)/b15-9+. The fraction of sp³-hybridized carbons (Fsp3) is 0.0588. The molecule has 1 aliphatic heterocycles. The number of benzene rings is 2. The van der Waals surface area contributed by atoms with Gasteiger partial charge in [-0.25, -0.2) is 4.99 Å². The molecule has 0 aliphatic carbocycles. The van der Waals surface area contributed by atoms with Gasteiger partial charge in [0.05, 0.1) is 0 Å². The van der Waals surface area contributed by atoms with Gasteiger partial charge in [0, 0.05) is 15.9 Å². The van der Waals surface area contributed by atoms with Crippen LogP contribution in [0.1, 0.15) is 11.1 Å². The van der Waals surface area contributed by atoms with Gasteiger partial charge in [0.2, 0.25) is 0 Å². The van der Waals surface area contributed by atoms with Gasteiger partial charge in [-0.15, -0.1) is 0 Å². The van der Waals surface area contributed by atoms with E-state index < -0.39 is 0 Å². The molecule has 0 fully saturated rings. The summed E-state index contributed by atoms with van der Waals surface area (Å²) in [6.07, 6.45) is 2.34. The van der Waals surface area contributed by atoms with Gasteiger partial charge >= 0.3 is 0 Å². The van der Waals surface area contributed by atoms with Crippen molar-refractivity contribution in [2.75, 3.05) is 0 Å². The Kier molecular flexibility index (Phi) is 4.41. The molecule has 22 heavy (non-hydrogen) atoms. The Morgan fingerprint density at radius 2 is 1.77 bits per heavy atom. The van der Waals surface area contributed by atoms with Crippen LogP contribution in [-0.4, -0.2) is 11.7 Å². The van der Waals surface area contributed by atoms with E-state index in [1.165, 1.54) is 0 Å². The van der Waals surface area contributed by atoms with E-state index in [0.717, 1.165) is 15.6 Å². The number of hydrogen-bond acceptors (Lipinski definition) is 2. The van der Waals surface area contributed by atoms with Crippen LogP contribution < -0.4 is 5.32 Å². The summed E-state index contributed by atoms with van der Waals surface area (Å²) in [5.74, 6) is 0.475. The van der Waals surface area contributed by atoms with Crippen molar-refractivity contribution in [1.82, 2.24) is 5.32 Å². The van der Waals surface area contributed by atoms with Crippen LogP contribution in [0.4, 0.5) is 0 Å². The minimum Gasteiger partial charge on any atom is -0.308 e. The van der Waals surface area contributed by atoms with Crippen molar-refractivity contribution in [1.29, 1.82) is 0 Å². The number of carbonyl (C=O) groups is 1. The Bertz CT molecular complexity index is 764. The molecular weight excluding hydrogens is 364 g/mol. The van der Waals surface area contributed by atoms with Crippen LogP contribution in [0.25, 0.3) is 6.08 Å². The molecule has 0 aromatic heterocycles. The first kappa shape index (κ1) is 15.0. The van der Waals surface area contributed by atoms with Gasteiger partial charge in [0.1, 0.15) is 11.5 Å². The highest BCUT2D eigenvalue weighted by molar-refractivity contribution is 9.10. The second kappa shape index (κ2) is 6.46. The summed E-state index contributed by atoms with van der Waals surface area (Å²) in [6, 6.07) is 15.2. The lowest BCUT2D eigenvalue weighted by Crippen LogP contribution is -2.25. The normalized spacial score (nSPS) is 15.8. The first-order chi connectivity index (χ1) is 10.6. The van der Waals surface area contributed by atoms with Crippen molar-refractivity contribution in [2.24, 2.45) is 4.99 Å². The minimum atomic E-state index is -0.174. The van der Waals surface area contributed by atoms with Crippen molar-refractivity contribution in [3.63, 3.8) is 0 Å². The van der Waals surface area contributed by atoms with Crippen LogP contribution in [0.15, 0.2) is 63.7 Å². The van der Waals surface area contributed by atoms with E-state index >= 15 is 0 Å². The molecule has 1 aliphatic rings. The smallest absolute Gasteiger partial charge is 0.275 e. The number of aliphatic imine (C=N–C) groups is 1. The van der Waals surface area contributed by atoms with Gasteiger partial charge in [0.25, 0.3) is 5.91 Å². The SMILES string of the molecule is O=C1NC(Cc2ccc(Cl)cc2)=N/C1=C/c1ccc(Br)cc1. The summed E-state index contributed by atoms with van der Waals surface area (Å²) in [4.78, 5) is 16.4. The second-order valence-electron chi connectivity index (χ2n) is 4.90. The van der Waals surface area contributed by atoms with E-state index in [2.05, 4.69) is 26.2 Å². The number of nitrogens with zero attached hydrogens (tertiary/aromatic N) is 1. The van der Waals surface area contributed by atoms with E-state index in [9.17, 15) is 4.79 Å². The van der Waals surface area contributed by atoms with Gasteiger partial charge in [-0.2, -0.15) is 0 Å². The van der Waals surface area contributed by atoms with Gasteiger partial charge < -0.3 is 5.32 Å². The summed E-state index contributed by atoms with van der Waals surface area (Å²) in [6.45, 7) is 0. The molecular formula is C17H12BrClN2O. The first-order valence-electron chi connectivity index (χ1n) is 6.71. The monoisotopic (exact) mass is 374 g/mol. The number of rotatable bonds is 3. The zero-order valence-electron chi connectivity index (χ0n) is 11.5. The third-order valence-electron chi connectivity index (χ3n) is 3.20. The van der Waals surface area contributed by atoms with E-state index in [1.807, 2.05) is 48.5 Å². The van der Waals surface area contributed by atoms with Gasteiger partial charge in [-0.05, 0) is 41.5 Å². The molecule has 110 valence electrons. The van der Waals surface area contributed by atoms with Crippen LogP contribution in [-0.2, 0) is 11.2 Å². The predicted molar refractivity (Wildman–Crippen MR) is 92.9 cm³/mol. The Balaban J connectivity index is 1.79. The minimum absolute atomic E-state index is 0.174. The summed E-state index contributed by atoms with van der Waals surface area (Å²) in [7, 11) is 0. The average Bonchev–Trinajstić information content (AvgIpc) is 2.84. The molecule has 1 heterocycles. The lowest BCUT2D eigenvalue weighted by Gasteiger charge is -2.00. The van der Waals surface area contributed by atoms with E-state index in [-0.39, 0.29) is 5.91 Å². The maximum atomic E-state index is 12.0. The first-order valence-corrected chi connectivity index (χ1v) is 7.88. The predicted octanol–water partition coefficient (Wildman–Crippen LogP) is 4.21. The molecule has 1 N–H and O–H groups in total. The molecule has 5 heteroatoms. The van der Waals surface area contributed by atoms with Crippen molar-refractivity contribution in [3.8, 4) is 0 Å². The average molecular weight is 376 g/mol. The number of nitrogens with one attached hydrogen (secondary N) is 1. The third kappa shape index (κ3) is 3.64. The van der Waals surface area contributed by atoms with Gasteiger partial charge in [0.15, 0.2) is 0 Å². The molecule has 0 atom stereocenters. The van der Waals surface area contributed by atoms with Crippen LogP contribution in [0, 0.1) is 0 Å². The zero-order valence-corrected chi connectivity index (χ0v) is 13.9. The quantitative estimate of drug-likeness (QED) is 0.802. The number of amides is 1. The summed E-state index contributed by atoms with van der Waals surface area (Å²) < 4.78 is 0.998. The fourth-order valence-electron chi connectivity index (χ4n) is 2.11. The Morgan fingerprint density at radius 1 is 1.09 bits per heavy atom. The largest absolute Gasteiger partial charge is 0.308 e. The number of amidine groups is 1. The lowest BCUT2D eigenvalue weighted by atomic mass is 10.1. The third-order valence-corrected chi connectivity index (χ3v) is 3.98. The molecule has 0 unspecified atom stereocenters. The van der Waals surface area contributed by atoms with Crippen LogP contribution in [0.3, 0.4) is 0 Å². The molecule has 1 amide bonds. The summed E-state index contributed by atoms with van der Waals surface area (Å²) in [5.41, 5.74) is 2.41. The molecule has 2 aromatic carbocycles. The van der Waals surface area contributed by atoms with Crippen molar-refractivity contribution in [2.45, 2.75) is 6.42 Å². The second-order valence-corrected chi connectivity index (χ2v) is 6.25. The van der Waals surface area contributed by atoms with Crippen LogP contribution in [0.2, 0.25) is 5.02 Å². The van der Waals surface area contributed by atoms with Gasteiger partial charge in [-0.1, -0.05) is 51.8 Å². The number of carbonyl (C=O) groups excluding carboxylic acids is 1. The molecule has 0 spiro atoms. The van der Waals surface area contributed by atoms with Crippen LogP contribution in [0.5, 0.6) is 0 Å². The molecule has 0 saturated carbocycles. The van der Waals surface area contributed by atoms with Crippen molar-refractivity contribution >= 4 is 45.3 Å². The number of halogens is 2. The Morgan fingerprint density at radius 3 is 2.45 bits per heavy atom. The molecule has 0 radical (unpaired) electrons. The molecule has 3 nitrogen and oxygen atoms in total. The highest BCUT2D eigenvalue weighted by Gasteiger charge is 2.19. The Hall–Kier alpha value is -1.91. The summed E-state index contributed by atoms with van der Waals surface area (Å²) >= 11 is 9.25. The van der Waals surface area contributed by atoms with E-state index in [4.69, 9.17) is 11.6 Å². The van der Waals surface area contributed by atoms with E-state index in [1.54, 1.807) is 6.08 Å². The topological polar surface area (TPSA) is 41.5 Å². The maximum absolute atomic E-state index is 12.0. The van der Waals surface area contributed by atoms with Crippen molar-refractivity contribution in [3.05, 3.63) is 74.9 Å². The highest BCUT2D eigenvalue weighted by Crippen LogP contribution is 2.17. The highest BCUT2D eigenvalue weighted by atomic mass is 79.9. The Labute approximate surface area is 141 Å².